The van der Waals surface area contributed by atoms with Crippen LogP contribution in [0.5, 0.6) is 0 Å². The minimum atomic E-state index is -0.416. The summed E-state index contributed by atoms with van der Waals surface area (Å²) >= 11 is 0. The molecule has 1 unspecified atom stereocenters. The zero-order chi connectivity index (χ0) is 15.1. The Morgan fingerprint density at radius 3 is 2.57 bits per heavy atom. The van der Waals surface area contributed by atoms with Crippen molar-refractivity contribution in [3.8, 4) is 0 Å². The van der Waals surface area contributed by atoms with Crippen molar-refractivity contribution < 1.29 is 9.90 Å². The number of carbonyl (C=O) groups excluding carboxylic acids is 1. The molecule has 0 radical (unpaired) electrons. The lowest BCUT2D eigenvalue weighted by molar-refractivity contribution is 0.225. The van der Waals surface area contributed by atoms with Crippen LogP contribution in [0.3, 0.4) is 0 Å². The highest BCUT2D eigenvalue weighted by Crippen LogP contribution is 2.14. The Bertz CT molecular complexity index is 584. The van der Waals surface area contributed by atoms with Crippen LogP contribution in [0.25, 0.3) is 0 Å². The third-order valence-electron chi connectivity index (χ3n) is 3.28. The quantitative estimate of drug-likeness (QED) is 0.790. The fourth-order valence-electron chi connectivity index (χ4n) is 2.11. The minimum Gasteiger partial charge on any atom is -0.394 e. The number of urea groups is 1. The molecule has 0 heterocycles. The normalized spacial score (nSPS) is 11.7. The molecule has 4 heteroatoms. The van der Waals surface area contributed by atoms with Gasteiger partial charge in [0, 0.05) is 5.69 Å². The Morgan fingerprint density at radius 1 is 1.14 bits per heavy atom. The van der Waals surface area contributed by atoms with Crippen molar-refractivity contribution in [2.24, 2.45) is 0 Å². The fourth-order valence-corrected chi connectivity index (χ4v) is 2.11. The number of anilines is 1. The van der Waals surface area contributed by atoms with E-state index < -0.39 is 6.04 Å². The summed E-state index contributed by atoms with van der Waals surface area (Å²) in [6.45, 7) is 1.92. The molecule has 0 spiro atoms. The predicted octanol–water partition coefficient (Wildman–Crippen LogP) is 3.10. The van der Waals surface area contributed by atoms with Gasteiger partial charge in [0.2, 0.25) is 0 Å². The molecular formula is C17H20N2O2. The van der Waals surface area contributed by atoms with Crippen LogP contribution in [0.4, 0.5) is 10.5 Å². The second-order valence-electron chi connectivity index (χ2n) is 4.80. The van der Waals surface area contributed by atoms with E-state index in [1.807, 2.05) is 54.6 Å². The number of hydrogen-bond acceptors (Lipinski definition) is 2. The van der Waals surface area contributed by atoms with Crippen molar-refractivity contribution in [3.63, 3.8) is 0 Å². The molecule has 4 nitrogen and oxygen atoms in total. The van der Waals surface area contributed by atoms with Crippen LogP contribution in [-0.4, -0.2) is 17.7 Å². The first-order chi connectivity index (χ1) is 10.2. The van der Waals surface area contributed by atoms with Crippen LogP contribution in [-0.2, 0) is 6.42 Å². The smallest absolute Gasteiger partial charge is 0.319 e. The molecule has 0 aromatic heterocycles. The lowest BCUT2D eigenvalue weighted by Crippen LogP contribution is -2.34. The number of nitrogens with one attached hydrogen (secondary N) is 2. The summed E-state index contributed by atoms with van der Waals surface area (Å²) in [6, 6.07) is 16.4. The first-order valence-corrected chi connectivity index (χ1v) is 7.05. The van der Waals surface area contributed by atoms with Crippen LogP contribution in [0, 0.1) is 0 Å². The first-order valence-electron chi connectivity index (χ1n) is 7.05. The summed E-state index contributed by atoms with van der Waals surface area (Å²) in [6.07, 6.45) is 0.917. The highest BCUT2D eigenvalue weighted by Gasteiger charge is 2.13. The highest BCUT2D eigenvalue weighted by atomic mass is 16.3. The molecule has 0 aliphatic rings. The standard InChI is InChI=1S/C17H20N2O2/c1-2-13-7-6-10-15(11-13)18-17(21)19-16(12-20)14-8-4-3-5-9-14/h3-11,16,20H,2,12H2,1H3,(H2,18,19,21). The van der Waals surface area contributed by atoms with E-state index in [0.29, 0.717) is 0 Å². The number of aliphatic hydroxyl groups is 1. The Hall–Kier alpha value is -2.33. The SMILES string of the molecule is CCc1cccc(NC(=O)NC(CO)c2ccccc2)c1. The molecular weight excluding hydrogens is 264 g/mol. The Labute approximate surface area is 124 Å². The highest BCUT2D eigenvalue weighted by molar-refractivity contribution is 5.89. The van der Waals surface area contributed by atoms with Crippen molar-refractivity contribution in [2.45, 2.75) is 19.4 Å². The molecule has 0 bridgehead atoms. The molecule has 3 N–H and O–H groups in total. The van der Waals surface area contributed by atoms with E-state index in [1.54, 1.807) is 0 Å². The average molecular weight is 284 g/mol. The van der Waals surface area contributed by atoms with E-state index in [-0.39, 0.29) is 12.6 Å². The van der Waals surface area contributed by atoms with E-state index >= 15 is 0 Å². The zero-order valence-electron chi connectivity index (χ0n) is 12.0. The molecule has 0 fully saturated rings. The molecule has 0 saturated carbocycles. The van der Waals surface area contributed by atoms with E-state index in [2.05, 4.69) is 17.6 Å². The molecule has 0 aliphatic carbocycles. The summed E-state index contributed by atoms with van der Waals surface area (Å²) in [7, 11) is 0. The van der Waals surface area contributed by atoms with E-state index in [0.717, 1.165) is 23.2 Å². The summed E-state index contributed by atoms with van der Waals surface area (Å²) in [5, 5.41) is 15.0. The second kappa shape index (κ2) is 7.45. The number of carbonyl (C=O) groups is 1. The van der Waals surface area contributed by atoms with Crippen LogP contribution in [0.2, 0.25) is 0 Å². The number of aryl methyl sites for hydroxylation is 1. The summed E-state index contributed by atoms with van der Waals surface area (Å²) in [5.41, 5.74) is 2.78. The van der Waals surface area contributed by atoms with Crippen molar-refractivity contribution >= 4 is 11.7 Å². The monoisotopic (exact) mass is 284 g/mol. The van der Waals surface area contributed by atoms with E-state index in [4.69, 9.17) is 0 Å². The fraction of sp³-hybridized carbons (Fsp3) is 0.235. The number of hydrogen-bond donors (Lipinski definition) is 3. The lowest BCUT2D eigenvalue weighted by atomic mass is 10.1. The molecule has 2 aromatic carbocycles. The van der Waals surface area contributed by atoms with Gasteiger partial charge in [-0.05, 0) is 29.7 Å². The predicted molar refractivity (Wildman–Crippen MR) is 84.2 cm³/mol. The minimum absolute atomic E-state index is 0.146. The third kappa shape index (κ3) is 4.33. The van der Waals surface area contributed by atoms with Gasteiger partial charge >= 0.3 is 6.03 Å². The molecule has 2 amide bonds. The van der Waals surface area contributed by atoms with Crippen LogP contribution in [0.1, 0.15) is 24.1 Å². The van der Waals surface area contributed by atoms with Gasteiger partial charge in [-0.2, -0.15) is 0 Å². The van der Waals surface area contributed by atoms with Gasteiger partial charge in [0.15, 0.2) is 0 Å². The molecule has 110 valence electrons. The van der Waals surface area contributed by atoms with Gasteiger partial charge < -0.3 is 15.7 Å². The number of aliphatic hydroxyl groups excluding tert-OH is 1. The largest absolute Gasteiger partial charge is 0.394 e. The Kier molecular flexibility index (Phi) is 5.35. The van der Waals surface area contributed by atoms with Gasteiger partial charge in [-0.3, -0.25) is 0 Å². The van der Waals surface area contributed by atoms with Gasteiger partial charge in [0.1, 0.15) is 0 Å². The zero-order valence-corrected chi connectivity index (χ0v) is 12.0. The van der Waals surface area contributed by atoms with Crippen LogP contribution in [0.15, 0.2) is 54.6 Å². The van der Waals surface area contributed by atoms with Crippen molar-refractivity contribution in [3.05, 3.63) is 65.7 Å². The molecule has 21 heavy (non-hydrogen) atoms. The molecule has 0 saturated heterocycles. The summed E-state index contributed by atoms with van der Waals surface area (Å²) in [4.78, 5) is 12.0. The molecule has 2 rings (SSSR count). The third-order valence-corrected chi connectivity index (χ3v) is 3.28. The number of amides is 2. The molecule has 1 atom stereocenters. The first kappa shape index (κ1) is 15.1. The Morgan fingerprint density at radius 2 is 1.90 bits per heavy atom. The Balaban J connectivity index is 2.00. The van der Waals surface area contributed by atoms with Gasteiger partial charge in [0.05, 0.1) is 12.6 Å². The van der Waals surface area contributed by atoms with E-state index in [1.165, 1.54) is 0 Å². The van der Waals surface area contributed by atoms with Gasteiger partial charge in [0.25, 0.3) is 0 Å². The van der Waals surface area contributed by atoms with Gasteiger partial charge in [-0.15, -0.1) is 0 Å². The van der Waals surface area contributed by atoms with E-state index in [9.17, 15) is 9.90 Å². The van der Waals surface area contributed by atoms with Crippen LogP contribution >= 0.6 is 0 Å². The summed E-state index contributed by atoms with van der Waals surface area (Å²) in [5.74, 6) is 0. The molecule has 2 aromatic rings. The van der Waals surface area contributed by atoms with Crippen LogP contribution < -0.4 is 10.6 Å². The number of rotatable bonds is 5. The molecule has 0 aliphatic heterocycles. The van der Waals surface area contributed by atoms with Crippen molar-refractivity contribution in [1.82, 2.24) is 5.32 Å². The van der Waals surface area contributed by atoms with Crippen molar-refractivity contribution in [2.75, 3.05) is 11.9 Å². The van der Waals surface area contributed by atoms with Crippen molar-refractivity contribution in [1.29, 1.82) is 0 Å². The maximum atomic E-state index is 12.0. The topological polar surface area (TPSA) is 61.4 Å². The van der Waals surface area contributed by atoms with Gasteiger partial charge in [-0.1, -0.05) is 49.4 Å². The van der Waals surface area contributed by atoms with Gasteiger partial charge in [-0.25, -0.2) is 4.79 Å². The number of benzene rings is 2. The average Bonchev–Trinajstić information content (AvgIpc) is 2.53. The maximum absolute atomic E-state index is 12.0. The lowest BCUT2D eigenvalue weighted by Gasteiger charge is -2.17. The maximum Gasteiger partial charge on any atom is 0.319 e. The summed E-state index contributed by atoms with van der Waals surface area (Å²) < 4.78 is 0. The second-order valence-corrected chi connectivity index (χ2v) is 4.80.